The zero-order chi connectivity index (χ0) is 20.5. The van der Waals surface area contributed by atoms with Crippen molar-refractivity contribution in [2.75, 3.05) is 20.4 Å². The van der Waals surface area contributed by atoms with Crippen LogP contribution in [0.3, 0.4) is 0 Å². The van der Waals surface area contributed by atoms with Crippen molar-refractivity contribution in [2.24, 2.45) is 10.3 Å². The number of rotatable bonds is 8. The van der Waals surface area contributed by atoms with Gasteiger partial charge < -0.3 is 15.0 Å². The molecule has 8 heteroatoms. The van der Waals surface area contributed by atoms with Gasteiger partial charge in [-0.2, -0.15) is 0 Å². The molecule has 0 atom stereocenters. The fraction of sp³-hybridized carbons (Fsp3) is 0.300. The second-order valence-electron chi connectivity index (χ2n) is 5.82. The number of oxime groups is 2. The number of nitrogens with one attached hydrogen (secondary N) is 1. The third kappa shape index (κ3) is 5.32. The maximum atomic E-state index is 12.2. The first-order chi connectivity index (χ1) is 13.5. The zero-order valence-corrected chi connectivity index (χ0v) is 17.5. The van der Waals surface area contributed by atoms with Crippen LogP contribution in [0.2, 0.25) is 0 Å². The van der Waals surface area contributed by atoms with Crippen LogP contribution in [0.15, 0.2) is 51.7 Å². The normalized spacial score (nSPS) is 11.9. The predicted molar refractivity (Wildman–Crippen MR) is 112 cm³/mol. The maximum Gasteiger partial charge on any atom is 0.273 e. The highest BCUT2D eigenvalue weighted by Gasteiger charge is 2.19. The number of aryl methyl sites for hydroxylation is 1. The summed E-state index contributed by atoms with van der Waals surface area (Å²) in [6.07, 6.45) is 1.97. The van der Waals surface area contributed by atoms with E-state index < -0.39 is 0 Å². The van der Waals surface area contributed by atoms with Crippen LogP contribution in [0.4, 0.5) is 0 Å². The number of pyridine rings is 1. The van der Waals surface area contributed by atoms with Gasteiger partial charge in [-0.05, 0) is 37.8 Å². The van der Waals surface area contributed by atoms with Gasteiger partial charge in [0.05, 0.1) is 10.7 Å². The summed E-state index contributed by atoms with van der Waals surface area (Å²) in [6.45, 7) is 3.96. The molecule has 1 amide bonds. The van der Waals surface area contributed by atoms with Gasteiger partial charge in [0.1, 0.15) is 19.4 Å². The Balaban J connectivity index is 2.26. The second kappa shape index (κ2) is 10.5. The first-order valence-corrected chi connectivity index (χ1v) is 9.84. The van der Waals surface area contributed by atoms with E-state index in [1.54, 1.807) is 24.9 Å². The van der Waals surface area contributed by atoms with E-state index in [9.17, 15) is 4.79 Å². The fourth-order valence-corrected chi connectivity index (χ4v) is 2.91. The molecule has 148 valence electrons. The molecule has 0 fully saturated rings. The lowest BCUT2D eigenvalue weighted by molar-refractivity contribution is -0.114. The van der Waals surface area contributed by atoms with Crippen molar-refractivity contribution in [3.05, 3.63) is 58.8 Å². The van der Waals surface area contributed by atoms with Crippen LogP contribution in [-0.2, 0) is 21.1 Å². The molecule has 0 bridgehead atoms. The summed E-state index contributed by atoms with van der Waals surface area (Å²) in [6, 6.07) is 11.4. The van der Waals surface area contributed by atoms with E-state index >= 15 is 0 Å². The van der Waals surface area contributed by atoms with E-state index in [4.69, 9.17) is 9.68 Å². The molecule has 0 aliphatic heterocycles. The number of likely N-dealkylation sites (N-methyl/N-ethyl adjacent to an activating group) is 1. The highest BCUT2D eigenvalue weighted by atomic mass is 32.2. The summed E-state index contributed by atoms with van der Waals surface area (Å²) in [5.41, 5.74) is 4.01. The van der Waals surface area contributed by atoms with E-state index in [1.165, 1.54) is 7.11 Å². The van der Waals surface area contributed by atoms with Crippen LogP contribution < -0.4 is 5.32 Å². The molecule has 0 unspecified atom stereocenters. The lowest BCUT2D eigenvalue weighted by atomic mass is 9.98. The zero-order valence-electron chi connectivity index (χ0n) is 16.6. The molecule has 0 saturated heterocycles. The van der Waals surface area contributed by atoms with Gasteiger partial charge in [0.15, 0.2) is 5.71 Å². The van der Waals surface area contributed by atoms with Crippen LogP contribution in [0, 0.1) is 6.92 Å². The molecule has 7 nitrogen and oxygen atoms in total. The Hall–Kier alpha value is -2.87. The van der Waals surface area contributed by atoms with E-state index in [1.807, 2.05) is 50.4 Å². The lowest BCUT2D eigenvalue weighted by Crippen LogP contribution is -2.29. The van der Waals surface area contributed by atoms with Gasteiger partial charge in [0.2, 0.25) is 0 Å². The molecule has 0 saturated carbocycles. The van der Waals surface area contributed by atoms with Crippen LogP contribution in [0.25, 0.3) is 0 Å². The molecule has 28 heavy (non-hydrogen) atoms. The van der Waals surface area contributed by atoms with Crippen molar-refractivity contribution >= 4 is 29.1 Å². The number of hydrogen-bond donors (Lipinski definition) is 1. The molecule has 1 N–H and O–H groups in total. The maximum absolute atomic E-state index is 12.2. The van der Waals surface area contributed by atoms with Gasteiger partial charge in [-0.3, -0.25) is 4.79 Å². The summed E-state index contributed by atoms with van der Waals surface area (Å²) in [5, 5.41) is 11.6. The fourth-order valence-electron chi connectivity index (χ4n) is 2.51. The molecular weight excluding hydrogens is 376 g/mol. The molecule has 0 radical (unpaired) electrons. The molecule has 0 aliphatic carbocycles. The van der Waals surface area contributed by atoms with Crippen LogP contribution in [0.1, 0.15) is 29.3 Å². The third-order valence-corrected chi connectivity index (χ3v) is 4.65. The Morgan fingerprint density at radius 1 is 1.21 bits per heavy atom. The van der Waals surface area contributed by atoms with Crippen molar-refractivity contribution in [3.8, 4) is 0 Å². The van der Waals surface area contributed by atoms with Gasteiger partial charge in [-0.15, -0.1) is 11.8 Å². The van der Waals surface area contributed by atoms with Gasteiger partial charge in [-0.1, -0.05) is 34.6 Å². The van der Waals surface area contributed by atoms with Crippen LogP contribution in [-0.4, -0.2) is 42.7 Å². The number of nitrogens with zero attached hydrogens (tertiary/aromatic N) is 3. The van der Waals surface area contributed by atoms with Crippen molar-refractivity contribution < 1.29 is 14.5 Å². The van der Waals surface area contributed by atoms with Gasteiger partial charge >= 0.3 is 0 Å². The highest BCUT2D eigenvalue weighted by molar-refractivity contribution is 7.98. The Kier molecular flexibility index (Phi) is 8.01. The standard InChI is InChI=1S/C20H24N4O3S/c1-13-8-6-9-15(19(24-26-4)20(25)21-3)16(13)12-27-23-14(2)17-10-7-11-18(22-17)28-5/h6-11H,12H2,1-5H3,(H,21,25)/b23-14+,24-19+. The largest absolute Gasteiger partial charge is 0.398 e. The predicted octanol–water partition coefficient (Wildman–Crippen LogP) is 3.15. The number of amides is 1. The quantitative estimate of drug-likeness (QED) is 0.418. The Labute approximate surface area is 169 Å². The van der Waals surface area contributed by atoms with Crippen molar-refractivity contribution in [3.63, 3.8) is 0 Å². The summed E-state index contributed by atoms with van der Waals surface area (Å²) < 4.78 is 0. The second-order valence-corrected chi connectivity index (χ2v) is 6.64. The molecular formula is C20H24N4O3S. The van der Waals surface area contributed by atoms with Crippen LogP contribution in [0.5, 0.6) is 0 Å². The Bertz CT molecular complexity index is 897. The average molecular weight is 401 g/mol. The molecule has 1 heterocycles. The average Bonchev–Trinajstić information content (AvgIpc) is 2.72. The molecule has 0 spiro atoms. The molecule has 1 aromatic carbocycles. The monoisotopic (exact) mass is 400 g/mol. The lowest BCUT2D eigenvalue weighted by Gasteiger charge is -2.13. The van der Waals surface area contributed by atoms with Crippen molar-refractivity contribution in [1.82, 2.24) is 10.3 Å². The summed E-state index contributed by atoms with van der Waals surface area (Å²) >= 11 is 1.57. The van der Waals surface area contributed by atoms with E-state index in [2.05, 4.69) is 20.6 Å². The van der Waals surface area contributed by atoms with Gasteiger partial charge in [0.25, 0.3) is 5.91 Å². The number of carbonyl (C=O) groups excluding carboxylic acids is 1. The molecule has 0 aliphatic rings. The topological polar surface area (TPSA) is 85.2 Å². The number of benzene rings is 1. The summed E-state index contributed by atoms with van der Waals surface area (Å²) in [7, 11) is 2.95. The number of aromatic nitrogens is 1. The van der Waals surface area contributed by atoms with E-state index in [0.717, 1.165) is 21.8 Å². The number of hydrogen-bond acceptors (Lipinski definition) is 7. The molecule has 1 aromatic heterocycles. The first kappa shape index (κ1) is 21.4. The van der Waals surface area contributed by atoms with E-state index in [0.29, 0.717) is 11.3 Å². The minimum absolute atomic E-state index is 0.182. The van der Waals surface area contributed by atoms with Crippen LogP contribution >= 0.6 is 11.8 Å². The number of carbonyl (C=O) groups is 1. The summed E-state index contributed by atoms with van der Waals surface area (Å²) in [4.78, 5) is 27.1. The van der Waals surface area contributed by atoms with Crippen molar-refractivity contribution in [1.29, 1.82) is 0 Å². The van der Waals surface area contributed by atoms with E-state index in [-0.39, 0.29) is 18.2 Å². The third-order valence-electron chi connectivity index (χ3n) is 4.00. The summed E-state index contributed by atoms with van der Waals surface area (Å²) in [5.74, 6) is -0.341. The highest BCUT2D eigenvalue weighted by Crippen LogP contribution is 2.18. The minimum Gasteiger partial charge on any atom is -0.398 e. The van der Waals surface area contributed by atoms with Gasteiger partial charge in [-0.25, -0.2) is 4.98 Å². The number of thioether (sulfide) groups is 1. The smallest absolute Gasteiger partial charge is 0.273 e. The van der Waals surface area contributed by atoms with Crippen molar-refractivity contribution in [2.45, 2.75) is 25.5 Å². The molecule has 2 aromatic rings. The Morgan fingerprint density at radius 2 is 1.96 bits per heavy atom. The van der Waals surface area contributed by atoms with Gasteiger partial charge in [0, 0.05) is 18.2 Å². The first-order valence-electron chi connectivity index (χ1n) is 8.61. The SMILES string of the molecule is CNC(=O)/C(=N/OC)c1cccc(C)c1CO/N=C(\C)c1cccc(SC)n1. The minimum atomic E-state index is -0.341. The molecule has 2 rings (SSSR count). The Morgan fingerprint density at radius 3 is 2.64 bits per heavy atom.